The lowest BCUT2D eigenvalue weighted by Crippen LogP contribution is -2.24. The molecule has 0 fully saturated rings. The minimum Gasteiger partial charge on any atom is -0.373 e. The second-order valence-corrected chi connectivity index (χ2v) is 5.71. The number of aliphatic hydroxyl groups excluding tert-OH is 1. The number of benzene rings is 2. The van der Waals surface area contributed by atoms with Gasteiger partial charge in [-0.15, -0.1) is 0 Å². The van der Waals surface area contributed by atoms with Crippen LogP contribution < -0.4 is 5.32 Å². The summed E-state index contributed by atoms with van der Waals surface area (Å²) in [5, 5.41) is 14.4. The average molecular weight is 319 g/mol. The summed E-state index contributed by atoms with van der Waals surface area (Å²) in [5.41, 5.74) is 1.90. The molecule has 3 nitrogen and oxygen atoms in total. The van der Waals surface area contributed by atoms with E-state index in [4.69, 9.17) is 11.6 Å². The molecule has 1 heterocycles. The average Bonchev–Trinajstić information content (AvgIpc) is 2.92. The minimum absolute atomic E-state index is 0.0453. The van der Waals surface area contributed by atoms with E-state index in [1.54, 1.807) is 12.1 Å². The van der Waals surface area contributed by atoms with E-state index >= 15 is 0 Å². The summed E-state index contributed by atoms with van der Waals surface area (Å²) in [6.07, 6.45) is -0.930. The van der Waals surface area contributed by atoms with Crippen molar-refractivity contribution in [3.8, 4) is 0 Å². The van der Waals surface area contributed by atoms with Crippen LogP contribution in [0, 0.1) is 5.82 Å². The zero-order chi connectivity index (χ0) is 15.7. The standard InChI is InChI=1S/C17H16ClFN2O/c1-10(11-5-3-2-4-6-11)20-17(22)15-8-12-7-13(18)9-14(19)16(12)21-15/h2-10,17,20-22H,1H3/t10-,17?/m1/s1. The summed E-state index contributed by atoms with van der Waals surface area (Å²) in [5.74, 6) is -0.433. The third kappa shape index (κ3) is 2.99. The summed E-state index contributed by atoms with van der Waals surface area (Å²) < 4.78 is 13.8. The Balaban J connectivity index is 1.83. The molecular weight excluding hydrogens is 303 g/mol. The molecule has 0 aliphatic heterocycles. The van der Waals surface area contributed by atoms with E-state index in [9.17, 15) is 9.50 Å². The molecule has 2 atom stereocenters. The summed E-state index contributed by atoms with van der Waals surface area (Å²) in [6.45, 7) is 1.96. The van der Waals surface area contributed by atoms with Gasteiger partial charge in [-0.1, -0.05) is 41.9 Å². The number of aromatic nitrogens is 1. The molecule has 1 unspecified atom stereocenters. The van der Waals surface area contributed by atoms with E-state index in [1.165, 1.54) is 6.07 Å². The normalized spacial score (nSPS) is 14.2. The van der Waals surface area contributed by atoms with Crippen LogP contribution in [0.25, 0.3) is 10.9 Å². The van der Waals surface area contributed by atoms with Gasteiger partial charge in [-0.2, -0.15) is 0 Å². The van der Waals surface area contributed by atoms with Crippen molar-refractivity contribution in [1.29, 1.82) is 0 Å². The van der Waals surface area contributed by atoms with Crippen molar-refractivity contribution in [3.63, 3.8) is 0 Å². The Hall–Kier alpha value is -1.88. The van der Waals surface area contributed by atoms with Crippen LogP contribution in [0.1, 0.15) is 30.5 Å². The molecule has 3 rings (SSSR count). The van der Waals surface area contributed by atoms with E-state index in [0.29, 0.717) is 21.6 Å². The predicted molar refractivity (Wildman–Crippen MR) is 86.2 cm³/mol. The molecule has 114 valence electrons. The van der Waals surface area contributed by atoms with Crippen LogP contribution in [-0.2, 0) is 0 Å². The second kappa shape index (κ2) is 6.08. The van der Waals surface area contributed by atoms with Crippen molar-refractivity contribution >= 4 is 22.5 Å². The van der Waals surface area contributed by atoms with E-state index in [2.05, 4.69) is 10.3 Å². The van der Waals surface area contributed by atoms with Crippen molar-refractivity contribution in [2.45, 2.75) is 19.2 Å². The Morgan fingerprint density at radius 2 is 1.91 bits per heavy atom. The SMILES string of the molecule is C[C@@H](NC(O)c1cc2cc(Cl)cc(F)c2[nH]1)c1ccccc1. The van der Waals surface area contributed by atoms with Gasteiger partial charge in [0.15, 0.2) is 0 Å². The number of aromatic amines is 1. The Bertz CT molecular complexity index is 788. The zero-order valence-corrected chi connectivity index (χ0v) is 12.7. The molecular formula is C17H16ClFN2O. The van der Waals surface area contributed by atoms with Crippen LogP contribution in [0.5, 0.6) is 0 Å². The van der Waals surface area contributed by atoms with Crippen molar-refractivity contribution in [2.24, 2.45) is 0 Å². The first-order valence-corrected chi connectivity index (χ1v) is 7.39. The van der Waals surface area contributed by atoms with E-state index in [0.717, 1.165) is 5.56 Å². The van der Waals surface area contributed by atoms with Gasteiger partial charge < -0.3 is 10.1 Å². The van der Waals surface area contributed by atoms with Gasteiger partial charge in [0.1, 0.15) is 12.0 Å². The molecule has 0 aliphatic rings. The van der Waals surface area contributed by atoms with Gasteiger partial charge >= 0.3 is 0 Å². The maximum absolute atomic E-state index is 13.8. The fraction of sp³-hybridized carbons (Fsp3) is 0.176. The van der Waals surface area contributed by atoms with Crippen LogP contribution in [0.15, 0.2) is 48.5 Å². The number of nitrogens with one attached hydrogen (secondary N) is 2. The molecule has 1 aromatic heterocycles. The lowest BCUT2D eigenvalue weighted by Gasteiger charge is -2.18. The van der Waals surface area contributed by atoms with Crippen molar-refractivity contribution in [3.05, 3.63) is 70.6 Å². The van der Waals surface area contributed by atoms with Gasteiger partial charge in [-0.05, 0) is 30.7 Å². The molecule has 0 spiro atoms. The number of H-pyrrole nitrogens is 1. The highest BCUT2D eigenvalue weighted by molar-refractivity contribution is 6.31. The fourth-order valence-electron chi connectivity index (χ4n) is 2.50. The third-order valence-corrected chi connectivity index (χ3v) is 3.89. The van der Waals surface area contributed by atoms with Crippen LogP contribution in [0.2, 0.25) is 5.02 Å². The van der Waals surface area contributed by atoms with E-state index < -0.39 is 12.0 Å². The van der Waals surface area contributed by atoms with Gasteiger partial charge in [0, 0.05) is 16.5 Å². The molecule has 22 heavy (non-hydrogen) atoms. The first kappa shape index (κ1) is 15.0. The summed E-state index contributed by atoms with van der Waals surface area (Å²) in [6, 6.07) is 14.3. The number of halogens is 2. The fourth-order valence-corrected chi connectivity index (χ4v) is 2.71. The summed E-state index contributed by atoms with van der Waals surface area (Å²) >= 11 is 5.85. The monoisotopic (exact) mass is 318 g/mol. The summed E-state index contributed by atoms with van der Waals surface area (Å²) in [7, 11) is 0. The maximum atomic E-state index is 13.8. The predicted octanol–water partition coefficient (Wildman–Crippen LogP) is 4.30. The molecule has 5 heteroatoms. The molecule has 3 N–H and O–H groups in total. The maximum Gasteiger partial charge on any atom is 0.148 e. The molecule has 0 aliphatic carbocycles. The molecule has 2 aromatic carbocycles. The highest BCUT2D eigenvalue weighted by Crippen LogP contribution is 2.26. The molecule has 0 radical (unpaired) electrons. The minimum atomic E-state index is -0.930. The van der Waals surface area contributed by atoms with Gasteiger partial charge in [0.05, 0.1) is 11.2 Å². The quantitative estimate of drug-likeness (QED) is 0.628. The molecule has 0 saturated heterocycles. The van der Waals surface area contributed by atoms with E-state index in [-0.39, 0.29) is 6.04 Å². The lowest BCUT2D eigenvalue weighted by atomic mass is 10.1. The lowest BCUT2D eigenvalue weighted by molar-refractivity contribution is 0.122. The van der Waals surface area contributed by atoms with E-state index in [1.807, 2.05) is 37.3 Å². The van der Waals surface area contributed by atoms with Gasteiger partial charge in [0.2, 0.25) is 0 Å². The number of fused-ring (bicyclic) bond motifs is 1. The van der Waals surface area contributed by atoms with Crippen LogP contribution >= 0.6 is 11.6 Å². The van der Waals surface area contributed by atoms with Crippen molar-refractivity contribution in [1.82, 2.24) is 10.3 Å². The van der Waals surface area contributed by atoms with Crippen LogP contribution in [0.3, 0.4) is 0 Å². The molecule has 0 amide bonds. The van der Waals surface area contributed by atoms with Gasteiger partial charge in [0.25, 0.3) is 0 Å². The Morgan fingerprint density at radius 3 is 2.64 bits per heavy atom. The first-order chi connectivity index (χ1) is 10.5. The number of rotatable bonds is 4. The Morgan fingerprint density at radius 1 is 1.18 bits per heavy atom. The van der Waals surface area contributed by atoms with Gasteiger partial charge in [-0.3, -0.25) is 5.32 Å². The van der Waals surface area contributed by atoms with Crippen LogP contribution in [-0.4, -0.2) is 10.1 Å². The van der Waals surface area contributed by atoms with Gasteiger partial charge in [-0.25, -0.2) is 4.39 Å². The molecule has 0 bridgehead atoms. The highest BCUT2D eigenvalue weighted by Gasteiger charge is 2.16. The third-order valence-electron chi connectivity index (χ3n) is 3.67. The Labute approximate surface area is 132 Å². The number of hydrogen-bond donors (Lipinski definition) is 3. The topological polar surface area (TPSA) is 48.0 Å². The molecule has 3 aromatic rings. The second-order valence-electron chi connectivity index (χ2n) is 5.28. The molecule has 0 saturated carbocycles. The Kier molecular flexibility index (Phi) is 4.16. The number of aliphatic hydroxyl groups is 1. The van der Waals surface area contributed by atoms with Crippen molar-refractivity contribution in [2.75, 3.05) is 0 Å². The highest BCUT2D eigenvalue weighted by atomic mass is 35.5. The zero-order valence-electron chi connectivity index (χ0n) is 12.0. The van der Waals surface area contributed by atoms with Crippen molar-refractivity contribution < 1.29 is 9.50 Å². The first-order valence-electron chi connectivity index (χ1n) is 7.01. The summed E-state index contributed by atoms with van der Waals surface area (Å²) in [4.78, 5) is 2.90. The van der Waals surface area contributed by atoms with Crippen LogP contribution in [0.4, 0.5) is 4.39 Å². The largest absolute Gasteiger partial charge is 0.373 e. The number of hydrogen-bond acceptors (Lipinski definition) is 2. The smallest absolute Gasteiger partial charge is 0.148 e.